The third-order valence-electron chi connectivity index (χ3n) is 5.39. The summed E-state index contributed by atoms with van der Waals surface area (Å²) in [5.41, 5.74) is 3.44. The molecule has 7 nitrogen and oxygen atoms in total. The molecule has 0 aromatic heterocycles. The molecule has 0 saturated carbocycles. The third-order valence-corrected chi connectivity index (χ3v) is 6.87. The molecule has 1 unspecified atom stereocenters. The van der Waals surface area contributed by atoms with Gasteiger partial charge in [0.15, 0.2) is 0 Å². The number of carbonyl (C=O) groups is 2. The summed E-state index contributed by atoms with van der Waals surface area (Å²) in [6.07, 6.45) is 1.82. The molecule has 8 heteroatoms. The fourth-order valence-electron chi connectivity index (χ4n) is 3.65. The SMILES string of the molecule is CCCCNS(=O)(=O)c1ccc(NC(=O)C2CC(=O)N(c3ccc(C)cc3C)C2)cc1. The molecule has 0 aliphatic carbocycles. The van der Waals surface area contributed by atoms with Crippen molar-refractivity contribution < 1.29 is 18.0 Å². The van der Waals surface area contributed by atoms with Crippen LogP contribution in [-0.4, -0.2) is 33.3 Å². The van der Waals surface area contributed by atoms with Gasteiger partial charge in [0.2, 0.25) is 21.8 Å². The Morgan fingerprint density at radius 3 is 2.48 bits per heavy atom. The maximum Gasteiger partial charge on any atom is 0.240 e. The molecule has 166 valence electrons. The minimum Gasteiger partial charge on any atom is -0.326 e. The molecular formula is C23H29N3O4S. The van der Waals surface area contributed by atoms with Crippen LogP contribution in [0.4, 0.5) is 11.4 Å². The van der Waals surface area contributed by atoms with Gasteiger partial charge in [-0.25, -0.2) is 13.1 Å². The van der Waals surface area contributed by atoms with Gasteiger partial charge in [0.25, 0.3) is 0 Å². The molecule has 1 fully saturated rings. The fourth-order valence-corrected chi connectivity index (χ4v) is 4.73. The first-order valence-corrected chi connectivity index (χ1v) is 12.0. The average Bonchev–Trinajstić information content (AvgIpc) is 3.10. The van der Waals surface area contributed by atoms with E-state index in [-0.39, 0.29) is 23.1 Å². The molecule has 1 aliphatic heterocycles. The minimum absolute atomic E-state index is 0.0771. The lowest BCUT2D eigenvalue weighted by atomic mass is 10.1. The summed E-state index contributed by atoms with van der Waals surface area (Å²) in [5.74, 6) is -0.795. The Labute approximate surface area is 183 Å². The van der Waals surface area contributed by atoms with E-state index >= 15 is 0 Å². The van der Waals surface area contributed by atoms with E-state index < -0.39 is 15.9 Å². The second kappa shape index (κ2) is 9.62. The molecule has 3 rings (SSSR count). The van der Waals surface area contributed by atoms with Crippen molar-refractivity contribution in [1.29, 1.82) is 0 Å². The lowest BCUT2D eigenvalue weighted by molar-refractivity contribution is -0.122. The maximum absolute atomic E-state index is 12.7. The number of nitrogens with zero attached hydrogens (tertiary/aromatic N) is 1. The molecule has 31 heavy (non-hydrogen) atoms. The first-order chi connectivity index (χ1) is 14.7. The summed E-state index contributed by atoms with van der Waals surface area (Å²) in [6.45, 7) is 6.66. The van der Waals surface area contributed by atoms with Crippen LogP contribution in [0.25, 0.3) is 0 Å². The zero-order chi connectivity index (χ0) is 22.6. The molecule has 2 aromatic carbocycles. The van der Waals surface area contributed by atoms with Crippen LogP contribution in [0.3, 0.4) is 0 Å². The maximum atomic E-state index is 12.7. The Morgan fingerprint density at radius 2 is 1.84 bits per heavy atom. The molecule has 1 heterocycles. The van der Waals surface area contributed by atoms with Gasteiger partial charge >= 0.3 is 0 Å². The number of anilines is 2. The van der Waals surface area contributed by atoms with Crippen LogP contribution in [0.2, 0.25) is 0 Å². The van der Waals surface area contributed by atoms with Gasteiger partial charge in [-0.2, -0.15) is 0 Å². The summed E-state index contributed by atoms with van der Waals surface area (Å²) in [4.78, 5) is 27.0. The molecule has 1 saturated heterocycles. The van der Waals surface area contributed by atoms with Gasteiger partial charge in [-0.3, -0.25) is 9.59 Å². The third kappa shape index (κ3) is 5.51. The molecule has 2 amide bonds. The topological polar surface area (TPSA) is 95.6 Å². The number of rotatable bonds is 8. The van der Waals surface area contributed by atoms with Crippen LogP contribution in [0, 0.1) is 19.8 Å². The molecule has 0 bridgehead atoms. The van der Waals surface area contributed by atoms with Gasteiger partial charge < -0.3 is 10.2 Å². The van der Waals surface area contributed by atoms with E-state index in [1.165, 1.54) is 12.1 Å². The van der Waals surface area contributed by atoms with E-state index in [2.05, 4.69) is 10.0 Å². The second-order valence-electron chi connectivity index (χ2n) is 7.96. The number of nitrogens with one attached hydrogen (secondary N) is 2. The van der Waals surface area contributed by atoms with Crippen molar-refractivity contribution in [3.05, 3.63) is 53.6 Å². The number of carbonyl (C=O) groups excluding carboxylic acids is 2. The molecule has 2 N–H and O–H groups in total. The van der Waals surface area contributed by atoms with Crippen LogP contribution in [-0.2, 0) is 19.6 Å². The Bertz CT molecular complexity index is 1060. The summed E-state index contributed by atoms with van der Waals surface area (Å²) in [6, 6.07) is 11.9. The number of sulfonamides is 1. The van der Waals surface area contributed by atoms with Crippen molar-refractivity contribution >= 4 is 33.2 Å². The van der Waals surface area contributed by atoms with Gasteiger partial charge in [0.05, 0.1) is 10.8 Å². The van der Waals surface area contributed by atoms with Crippen molar-refractivity contribution in [3.8, 4) is 0 Å². The van der Waals surface area contributed by atoms with E-state index in [1.54, 1.807) is 17.0 Å². The van der Waals surface area contributed by atoms with E-state index in [0.717, 1.165) is 29.7 Å². The second-order valence-corrected chi connectivity index (χ2v) is 9.73. The summed E-state index contributed by atoms with van der Waals surface area (Å²) < 4.78 is 27.1. The van der Waals surface area contributed by atoms with E-state index in [1.807, 2.05) is 39.0 Å². The molecule has 0 spiro atoms. The highest BCUT2D eigenvalue weighted by Crippen LogP contribution is 2.29. The van der Waals surface area contributed by atoms with Crippen molar-refractivity contribution in [2.24, 2.45) is 5.92 Å². The van der Waals surface area contributed by atoms with Crippen molar-refractivity contribution in [3.63, 3.8) is 0 Å². The Hall–Kier alpha value is -2.71. The predicted molar refractivity (Wildman–Crippen MR) is 122 cm³/mol. The largest absolute Gasteiger partial charge is 0.326 e. The van der Waals surface area contributed by atoms with E-state index in [9.17, 15) is 18.0 Å². The number of hydrogen-bond donors (Lipinski definition) is 2. The fraction of sp³-hybridized carbons (Fsp3) is 0.391. The van der Waals surface area contributed by atoms with Crippen LogP contribution < -0.4 is 14.9 Å². The molecule has 0 radical (unpaired) electrons. The van der Waals surface area contributed by atoms with Gasteiger partial charge in [0, 0.05) is 30.9 Å². The molecule has 1 aliphatic rings. The van der Waals surface area contributed by atoms with Gasteiger partial charge in [0.1, 0.15) is 0 Å². The van der Waals surface area contributed by atoms with E-state index in [4.69, 9.17) is 0 Å². The summed E-state index contributed by atoms with van der Waals surface area (Å²) >= 11 is 0. The normalized spacial score (nSPS) is 16.5. The van der Waals surface area contributed by atoms with E-state index in [0.29, 0.717) is 18.8 Å². The molecule has 1 atom stereocenters. The van der Waals surface area contributed by atoms with Crippen molar-refractivity contribution in [2.45, 2.75) is 44.9 Å². The Morgan fingerprint density at radius 1 is 1.13 bits per heavy atom. The lowest BCUT2D eigenvalue weighted by Crippen LogP contribution is -2.28. The average molecular weight is 444 g/mol. The zero-order valence-electron chi connectivity index (χ0n) is 18.1. The number of benzene rings is 2. The number of aryl methyl sites for hydroxylation is 2. The van der Waals surface area contributed by atoms with Crippen molar-refractivity contribution in [1.82, 2.24) is 4.72 Å². The first kappa shape index (κ1) is 23.0. The van der Waals surface area contributed by atoms with Gasteiger partial charge in [-0.1, -0.05) is 31.0 Å². The monoisotopic (exact) mass is 443 g/mol. The van der Waals surface area contributed by atoms with Crippen LogP contribution in [0.5, 0.6) is 0 Å². The molecular weight excluding hydrogens is 414 g/mol. The predicted octanol–water partition coefficient (Wildman–Crippen LogP) is 3.37. The Balaban J connectivity index is 1.63. The smallest absolute Gasteiger partial charge is 0.240 e. The van der Waals surface area contributed by atoms with Crippen LogP contribution in [0.15, 0.2) is 47.4 Å². The standard InChI is InChI=1S/C23H29N3O4S/c1-4-5-12-24-31(29,30)20-9-7-19(8-10-20)25-23(28)18-14-22(27)26(15-18)21-11-6-16(2)13-17(21)3/h6-11,13,18,24H,4-5,12,14-15H2,1-3H3,(H,25,28). The highest BCUT2D eigenvalue weighted by atomic mass is 32.2. The van der Waals surface area contributed by atoms with Crippen LogP contribution >= 0.6 is 0 Å². The van der Waals surface area contributed by atoms with Gasteiger partial charge in [-0.05, 0) is 56.2 Å². The Kier molecular flexibility index (Phi) is 7.12. The lowest BCUT2D eigenvalue weighted by Gasteiger charge is -2.19. The minimum atomic E-state index is -3.56. The molecule has 2 aromatic rings. The highest BCUT2D eigenvalue weighted by molar-refractivity contribution is 7.89. The van der Waals surface area contributed by atoms with Crippen molar-refractivity contribution in [2.75, 3.05) is 23.3 Å². The van der Waals surface area contributed by atoms with Gasteiger partial charge in [-0.15, -0.1) is 0 Å². The summed E-state index contributed by atoms with van der Waals surface area (Å²) in [7, 11) is -3.56. The quantitative estimate of drug-likeness (QED) is 0.612. The van der Waals surface area contributed by atoms with Crippen LogP contribution in [0.1, 0.15) is 37.3 Å². The zero-order valence-corrected chi connectivity index (χ0v) is 19.0. The number of hydrogen-bond acceptors (Lipinski definition) is 4. The highest BCUT2D eigenvalue weighted by Gasteiger charge is 2.35. The number of unbranched alkanes of at least 4 members (excludes halogenated alkanes) is 1. The first-order valence-electron chi connectivity index (χ1n) is 10.5. The summed E-state index contributed by atoms with van der Waals surface area (Å²) in [5, 5.41) is 2.80. The number of amides is 2.